The van der Waals surface area contributed by atoms with Crippen molar-refractivity contribution in [1.29, 1.82) is 0 Å². The summed E-state index contributed by atoms with van der Waals surface area (Å²) in [5.74, 6) is -0.233. The summed E-state index contributed by atoms with van der Waals surface area (Å²) in [7, 11) is 2.08. The summed E-state index contributed by atoms with van der Waals surface area (Å²) < 4.78 is 13.4. The number of hydrogen-bond acceptors (Lipinski definition) is 3. The van der Waals surface area contributed by atoms with Crippen LogP contribution >= 0.6 is 0 Å². The zero-order valence-electron chi connectivity index (χ0n) is 10.4. The largest absolute Gasteiger partial charge is 0.326 e. The molecule has 3 rings (SSSR count). The second-order valence-electron chi connectivity index (χ2n) is 4.87. The van der Waals surface area contributed by atoms with Gasteiger partial charge in [-0.1, -0.05) is 0 Å². The average Bonchev–Trinajstić information content (AvgIpc) is 2.36. The molecule has 2 aromatic rings. The molecule has 0 fully saturated rings. The molecule has 0 bridgehead atoms. The Morgan fingerprint density at radius 2 is 2.28 bits per heavy atom. The van der Waals surface area contributed by atoms with Crippen molar-refractivity contribution in [2.45, 2.75) is 19.5 Å². The van der Waals surface area contributed by atoms with E-state index < -0.39 is 0 Å². The molecular formula is C14H16FN3. The number of rotatable bonds is 1. The lowest BCUT2D eigenvalue weighted by molar-refractivity contribution is 0.309. The van der Waals surface area contributed by atoms with Crippen LogP contribution in [0.1, 0.15) is 16.8 Å². The Morgan fingerprint density at radius 3 is 3.06 bits per heavy atom. The minimum Gasteiger partial charge on any atom is -0.326 e. The molecule has 4 heteroatoms. The molecule has 1 aliphatic rings. The minimum absolute atomic E-state index is 0.233. The lowest BCUT2D eigenvalue weighted by atomic mass is 9.96. The normalized spacial score (nSPS) is 15.9. The highest BCUT2D eigenvalue weighted by Gasteiger charge is 2.19. The summed E-state index contributed by atoms with van der Waals surface area (Å²) in [6.07, 6.45) is 0.937. The highest BCUT2D eigenvalue weighted by atomic mass is 19.1. The van der Waals surface area contributed by atoms with Crippen molar-refractivity contribution in [3.63, 3.8) is 0 Å². The van der Waals surface area contributed by atoms with Crippen LogP contribution in [-0.4, -0.2) is 23.5 Å². The number of pyridine rings is 1. The van der Waals surface area contributed by atoms with Gasteiger partial charge in [-0.15, -0.1) is 0 Å². The van der Waals surface area contributed by atoms with Gasteiger partial charge in [0.2, 0.25) is 0 Å². The Labute approximate surface area is 105 Å². The van der Waals surface area contributed by atoms with Crippen molar-refractivity contribution in [2.24, 2.45) is 5.73 Å². The molecule has 94 valence electrons. The van der Waals surface area contributed by atoms with Crippen LogP contribution < -0.4 is 5.73 Å². The number of aromatic nitrogens is 1. The van der Waals surface area contributed by atoms with Gasteiger partial charge >= 0.3 is 0 Å². The van der Waals surface area contributed by atoms with Crippen LogP contribution in [0.5, 0.6) is 0 Å². The number of likely N-dealkylation sites (N-methyl/N-ethyl adjacent to an activating group) is 1. The molecular weight excluding hydrogens is 229 g/mol. The third kappa shape index (κ3) is 1.78. The fraction of sp³-hybridized carbons (Fsp3) is 0.357. The Morgan fingerprint density at radius 1 is 1.44 bits per heavy atom. The first-order valence-electron chi connectivity index (χ1n) is 6.17. The summed E-state index contributed by atoms with van der Waals surface area (Å²) in [4.78, 5) is 6.90. The number of hydrogen-bond donors (Lipinski definition) is 1. The third-order valence-corrected chi connectivity index (χ3v) is 3.61. The van der Waals surface area contributed by atoms with Gasteiger partial charge in [0, 0.05) is 37.1 Å². The summed E-state index contributed by atoms with van der Waals surface area (Å²) in [6, 6.07) is 4.73. The molecule has 2 N–H and O–H groups in total. The molecule has 1 aliphatic heterocycles. The second kappa shape index (κ2) is 4.30. The molecule has 0 aliphatic carbocycles. The molecule has 0 radical (unpaired) electrons. The van der Waals surface area contributed by atoms with E-state index in [9.17, 15) is 4.39 Å². The van der Waals surface area contributed by atoms with E-state index in [1.54, 1.807) is 12.1 Å². The van der Waals surface area contributed by atoms with Crippen molar-refractivity contribution in [3.8, 4) is 0 Å². The number of nitrogens with zero attached hydrogens (tertiary/aromatic N) is 2. The maximum absolute atomic E-state index is 13.4. The number of halogens is 1. The average molecular weight is 245 g/mol. The van der Waals surface area contributed by atoms with E-state index in [0.717, 1.165) is 41.7 Å². The van der Waals surface area contributed by atoms with Crippen LogP contribution in [0.3, 0.4) is 0 Å². The van der Waals surface area contributed by atoms with E-state index in [-0.39, 0.29) is 5.82 Å². The fourth-order valence-electron chi connectivity index (χ4n) is 2.67. The topological polar surface area (TPSA) is 42.2 Å². The Kier molecular flexibility index (Phi) is 2.76. The summed E-state index contributed by atoms with van der Waals surface area (Å²) in [6.45, 7) is 2.29. The first-order chi connectivity index (χ1) is 8.69. The molecule has 3 nitrogen and oxygen atoms in total. The van der Waals surface area contributed by atoms with Crippen LogP contribution in [-0.2, 0) is 19.5 Å². The molecule has 0 saturated carbocycles. The first kappa shape index (κ1) is 11.6. The van der Waals surface area contributed by atoms with Gasteiger partial charge < -0.3 is 10.6 Å². The lowest BCUT2D eigenvalue weighted by Gasteiger charge is -2.27. The first-order valence-corrected chi connectivity index (χ1v) is 6.17. The van der Waals surface area contributed by atoms with Crippen molar-refractivity contribution >= 4 is 10.9 Å². The van der Waals surface area contributed by atoms with Crippen molar-refractivity contribution < 1.29 is 4.39 Å². The fourth-order valence-corrected chi connectivity index (χ4v) is 2.67. The summed E-state index contributed by atoms with van der Waals surface area (Å²) >= 11 is 0. The van der Waals surface area contributed by atoms with Crippen LogP contribution in [0, 0.1) is 5.82 Å². The van der Waals surface area contributed by atoms with E-state index in [4.69, 9.17) is 5.73 Å². The smallest absolute Gasteiger partial charge is 0.123 e. The maximum Gasteiger partial charge on any atom is 0.123 e. The van der Waals surface area contributed by atoms with Gasteiger partial charge in [-0.3, -0.25) is 4.98 Å². The maximum atomic E-state index is 13.4. The van der Waals surface area contributed by atoms with E-state index >= 15 is 0 Å². The molecule has 0 spiro atoms. The van der Waals surface area contributed by atoms with Gasteiger partial charge in [0.1, 0.15) is 5.82 Å². The lowest BCUT2D eigenvalue weighted by Crippen LogP contribution is -2.29. The van der Waals surface area contributed by atoms with E-state index in [1.807, 2.05) is 0 Å². The third-order valence-electron chi connectivity index (χ3n) is 3.61. The van der Waals surface area contributed by atoms with Crippen molar-refractivity contribution in [1.82, 2.24) is 9.88 Å². The van der Waals surface area contributed by atoms with Gasteiger partial charge in [-0.25, -0.2) is 4.39 Å². The highest BCUT2D eigenvalue weighted by molar-refractivity contribution is 5.84. The molecule has 0 amide bonds. The highest BCUT2D eigenvalue weighted by Crippen LogP contribution is 2.27. The SMILES string of the molecule is CN1CCc2nc3ccc(F)cc3c(CN)c2C1. The monoisotopic (exact) mass is 245 g/mol. The van der Waals surface area contributed by atoms with Crippen molar-refractivity contribution in [2.75, 3.05) is 13.6 Å². The second-order valence-corrected chi connectivity index (χ2v) is 4.87. The quantitative estimate of drug-likeness (QED) is 0.833. The van der Waals surface area contributed by atoms with E-state index in [1.165, 1.54) is 11.6 Å². The summed E-state index contributed by atoms with van der Waals surface area (Å²) in [5, 5.41) is 0.853. The van der Waals surface area contributed by atoms with E-state index in [0.29, 0.717) is 6.54 Å². The summed E-state index contributed by atoms with van der Waals surface area (Å²) in [5.41, 5.74) is 10.1. The Bertz CT molecular complexity index is 610. The molecule has 1 aromatic carbocycles. The Hall–Kier alpha value is -1.52. The van der Waals surface area contributed by atoms with Crippen LogP contribution in [0.4, 0.5) is 4.39 Å². The van der Waals surface area contributed by atoms with Gasteiger partial charge in [-0.05, 0) is 36.4 Å². The number of nitrogens with two attached hydrogens (primary N) is 1. The zero-order valence-corrected chi connectivity index (χ0v) is 10.4. The molecule has 18 heavy (non-hydrogen) atoms. The van der Waals surface area contributed by atoms with Gasteiger partial charge in [0.15, 0.2) is 0 Å². The molecule has 0 atom stereocenters. The standard InChI is InChI=1S/C14H16FN3/c1-18-5-4-14-12(8-18)11(7-16)10-6-9(15)2-3-13(10)17-14/h2-3,6H,4-5,7-8,16H2,1H3. The minimum atomic E-state index is -0.233. The predicted octanol–water partition coefficient (Wildman–Crippen LogP) is 1.82. The van der Waals surface area contributed by atoms with E-state index in [2.05, 4.69) is 16.9 Å². The van der Waals surface area contributed by atoms with Crippen LogP contribution in [0.15, 0.2) is 18.2 Å². The predicted molar refractivity (Wildman–Crippen MR) is 69.6 cm³/mol. The van der Waals surface area contributed by atoms with Gasteiger partial charge in [-0.2, -0.15) is 0 Å². The van der Waals surface area contributed by atoms with Crippen molar-refractivity contribution in [3.05, 3.63) is 40.8 Å². The van der Waals surface area contributed by atoms with Crippen LogP contribution in [0.2, 0.25) is 0 Å². The number of benzene rings is 1. The molecule has 2 heterocycles. The molecule has 0 unspecified atom stereocenters. The zero-order chi connectivity index (χ0) is 12.7. The molecule has 0 saturated heterocycles. The Balaban J connectivity index is 2.31. The van der Waals surface area contributed by atoms with Crippen LogP contribution in [0.25, 0.3) is 10.9 Å². The van der Waals surface area contributed by atoms with Gasteiger partial charge in [0.05, 0.1) is 5.52 Å². The molecule has 1 aromatic heterocycles. The number of fused-ring (bicyclic) bond motifs is 2. The van der Waals surface area contributed by atoms with Gasteiger partial charge in [0.25, 0.3) is 0 Å².